The molecule has 5 nitrogen and oxygen atoms in total. The summed E-state index contributed by atoms with van der Waals surface area (Å²) in [6.07, 6.45) is 0.909. The van der Waals surface area contributed by atoms with Gasteiger partial charge >= 0.3 is 6.03 Å². The van der Waals surface area contributed by atoms with Crippen LogP contribution in [0.1, 0.15) is 13.3 Å². The van der Waals surface area contributed by atoms with Crippen LogP contribution in [0.15, 0.2) is 18.2 Å². The van der Waals surface area contributed by atoms with Gasteiger partial charge < -0.3 is 15.3 Å². The zero-order chi connectivity index (χ0) is 16.1. The van der Waals surface area contributed by atoms with E-state index in [-0.39, 0.29) is 18.7 Å². The predicted molar refractivity (Wildman–Crippen MR) is 89.8 cm³/mol. The van der Waals surface area contributed by atoms with Crippen LogP contribution in [0.4, 0.5) is 10.5 Å². The van der Waals surface area contributed by atoms with Gasteiger partial charge in [0.1, 0.15) is 0 Å². The molecule has 0 aromatic heterocycles. The second-order valence-corrected chi connectivity index (χ2v) is 6.14. The number of aliphatic hydroxyl groups excluding tert-OH is 1. The van der Waals surface area contributed by atoms with Crippen molar-refractivity contribution >= 4 is 34.9 Å². The summed E-state index contributed by atoms with van der Waals surface area (Å²) in [5, 5.41) is 13.0. The third-order valence-electron chi connectivity index (χ3n) is 3.97. The van der Waals surface area contributed by atoms with Gasteiger partial charge in [-0.15, -0.1) is 0 Å². The molecule has 1 aromatic carbocycles. The van der Waals surface area contributed by atoms with Crippen molar-refractivity contribution in [3.8, 4) is 0 Å². The Labute approximate surface area is 140 Å². The molecule has 0 radical (unpaired) electrons. The second kappa shape index (κ2) is 8.02. The van der Waals surface area contributed by atoms with E-state index < -0.39 is 0 Å². The summed E-state index contributed by atoms with van der Waals surface area (Å²) in [7, 11) is 0. The minimum absolute atomic E-state index is 0.143. The first-order valence-electron chi connectivity index (χ1n) is 7.41. The van der Waals surface area contributed by atoms with Gasteiger partial charge in [-0.05, 0) is 24.6 Å². The van der Waals surface area contributed by atoms with Gasteiger partial charge in [0.25, 0.3) is 0 Å². The molecule has 2 amide bonds. The highest BCUT2D eigenvalue weighted by atomic mass is 35.5. The number of benzene rings is 1. The summed E-state index contributed by atoms with van der Waals surface area (Å²) in [5.74, 6) is 0. The van der Waals surface area contributed by atoms with E-state index in [0.717, 1.165) is 19.5 Å². The number of amides is 2. The van der Waals surface area contributed by atoms with E-state index in [1.807, 2.05) is 0 Å². The van der Waals surface area contributed by atoms with Crippen molar-refractivity contribution in [2.45, 2.75) is 19.4 Å². The Morgan fingerprint density at radius 3 is 2.50 bits per heavy atom. The van der Waals surface area contributed by atoms with Crippen molar-refractivity contribution in [3.63, 3.8) is 0 Å². The molecule has 1 saturated heterocycles. The van der Waals surface area contributed by atoms with Crippen molar-refractivity contribution in [1.82, 2.24) is 9.80 Å². The number of aliphatic hydroxyl groups is 1. The molecule has 2 N–H and O–H groups in total. The number of nitrogens with one attached hydrogen (secondary N) is 1. The lowest BCUT2D eigenvalue weighted by molar-refractivity contribution is 0.0766. The maximum absolute atomic E-state index is 12.3. The third kappa shape index (κ3) is 4.26. The first-order chi connectivity index (χ1) is 10.5. The molecule has 1 aliphatic rings. The number of nitrogens with zero attached hydrogens (tertiary/aromatic N) is 2. The van der Waals surface area contributed by atoms with E-state index in [4.69, 9.17) is 23.2 Å². The maximum atomic E-state index is 12.3. The number of halogens is 2. The highest BCUT2D eigenvalue weighted by Crippen LogP contribution is 2.25. The summed E-state index contributed by atoms with van der Waals surface area (Å²) in [4.78, 5) is 16.2. The van der Waals surface area contributed by atoms with Crippen molar-refractivity contribution in [2.75, 3.05) is 38.1 Å². The van der Waals surface area contributed by atoms with E-state index in [1.54, 1.807) is 23.1 Å². The smallest absolute Gasteiger partial charge is 0.321 e. The molecule has 122 valence electrons. The Balaban J connectivity index is 1.88. The number of hydrogen-bond donors (Lipinski definition) is 2. The van der Waals surface area contributed by atoms with Gasteiger partial charge in [0, 0.05) is 37.9 Å². The van der Waals surface area contributed by atoms with Gasteiger partial charge in [0.2, 0.25) is 0 Å². The summed E-state index contributed by atoms with van der Waals surface area (Å²) < 4.78 is 0. The van der Waals surface area contributed by atoms with Gasteiger partial charge in [-0.2, -0.15) is 0 Å². The van der Waals surface area contributed by atoms with Gasteiger partial charge in [0.05, 0.1) is 16.7 Å². The van der Waals surface area contributed by atoms with Crippen LogP contribution in [0.2, 0.25) is 10.0 Å². The fourth-order valence-electron chi connectivity index (χ4n) is 2.57. The van der Waals surface area contributed by atoms with Crippen LogP contribution >= 0.6 is 23.2 Å². The second-order valence-electron chi connectivity index (χ2n) is 5.33. The first kappa shape index (κ1) is 17.3. The van der Waals surface area contributed by atoms with Crippen LogP contribution in [0, 0.1) is 0 Å². The lowest BCUT2D eigenvalue weighted by atomic mass is 10.2. The minimum Gasteiger partial charge on any atom is -0.395 e. The normalized spacial score (nSPS) is 17.4. The zero-order valence-corrected chi connectivity index (χ0v) is 14.1. The monoisotopic (exact) mass is 345 g/mol. The maximum Gasteiger partial charge on any atom is 0.321 e. The quantitative estimate of drug-likeness (QED) is 0.881. The van der Waals surface area contributed by atoms with Gasteiger partial charge in [0.15, 0.2) is 0 Å². The fourth-order valence-corrected chi connectivity index (χ4v) is 2.87. The van der Waals surface area contributed by atoms with Crippen molar-refractivity contribution in [2.24, 2.45) is 0 Å². The Kier molecular flexibility index (Phi) is 6.32. The highest BCUT2D eigenvalue weighted by molar-refractivity contribution is 6.42. The van der Waals surface area contributed by atoms with Crippen LogP contribution < -0.4 is 5.32 Å². The Morgan fingerprint density at radius 1 is 1.27 bits per heavy atom. The van der Waals surface area contributed by atoms with E-state index in [2.05, 4.69) is 17.1 Å². The van der Waals surface area contributed by atoms with Crippen molar-refractivity contribution < 1.29 is 9.90 Å². The summed E-state index contributed by atoms with van der Waals surface area (Å²) in [5.41, 5.74) is 0.628. The number of carbonyl (C=O) groups is 1. The van der Waals surface area contributed by atoms with Crippen molar-refractivity contribution in [3.05, 3.63) is 28.2 Å². The predicted octanol–water partition coefficient (Wildman–Crippen LogP) is 2.91. The minimum atomic E-state index is -0.143. The van der Waals surface area contributed by atoms with Gasteiger partial charge in [-0.25, -0.2) is 4.79 Å². The van der Waals surface area contributed by atoms with E-state index >= 15 is 0 Å². The summed E-state index contributed by atoms with van der Waals surface area (Å²) in [6.45, 7) is 5.05. The molecule has 1 atom stereocenters. The van der Waals surface area contributed by atoms with Crippen LogP contribution in [-0.2, 0) is 0 Å². The standard InChI is InChI=1S/C15H21Cl2N3O2/c1-2-12(10-21)19-5-7-20(8-6-19)15(22)18-11-3-4-13(16)14(17)9-11/h3-4,9,12,21H,2,5-8,10H2,1H3,(H,18,22). The van der Waals surface area contributed by atoms with E-state index in [9.17, 15) is 9.90 Å². The molecule has 1 heterocycles. The number of carbonyl (C=O) groups excluding carboxylic acids is 1. The average Bonchev–Trinajstić information content (AvgIpc) is 2.53. The lowest BCUT2D eigenvalue weighted by Gasteiger charge is -2.38. The molecule has 2 rings (SSSR count). The number of rotatable bonds is 4. The lowest BCUT2D eigenvalue weighted by Crippen LogP contribution is -2.53. The van der Waals surface area contributed by atoms with Crippen LogP contribution in [-0.4, -0.2) is 59.8 Å². The molecule has 22 heavy (non-hydrogen) atoms. The molecular formula is C15H21Cl2N3O2. The number of anilines is 1. The van der Waals surface area contributed by atoms with E-state index in [0.29, 0.717) is 28.8 Å². The first-order valence-corrected chi connectivity index (χ1v) is 8.16. The molecule has 0 aliphatic carbocycles. The molecule has 1 aromatic rings. The molecule has 0 bridgehead atoms. The molecule has 0 saturated carbocycles. The van der Waals surface area contributed by atoms with Gasteiger partial charge in [-0.3, -0.25) is 4.90 Å². The summed E-state index contributed by atoms with van der Waals surface area (Å²) in [6, 6.07) is 5.05. The van der Waals surface area contributed by atoms with Crippen LogP contribution in [0.5, 0.6) is 0 Å². The molecule has 1 aliphatic heterocycles. The number of urea groups is 1. The zero-order valence-electron chi connectivity index (χ0n) is 12.6. The number of hydrogen-bond acceptors (Lipinski definition) is 3. The molecular weight excluding hydrogens is 325 g/mol. The molecule has 1 unspecified atom stereocenters. The van der Waals surface area contributed by atoms with Crippen molar-refractivity contribution in [1.29, 1.82) is 0 Å². The third-order valence-corrected chi connectivity index (χ3v) is 4.71. The molecule has 0 spiro atoms. The molecule has 7 heteroatoms. The van der Waals surface area contributed by atoms with Crippen LogP contribution in [0.3, 0.4) is 0 Å². The number of piperazine rings is 1. The van der Waals surface area contributed by atoms with Crippen LogP contribution in [0.25, 0.3) is 0 Å². The highest BCUT2D eigenvalue weighted by Gasteiger charge is 2.24. The Morgan fingerprint density at radius 2 is 1.95 bits per heavy atom. The molecule has 1 fully saturated rings. The SMILES string of the molecule is CCC(CO)N1CCN(C(=O)Nc2ccc(Cl)c(Cl)c2)CC1. The Bertz CT molecular complexity index is 516. The summed E-state index contributed by atoms with van der Waals surface area (Å²) >= 11 is 11.8. The van der Waals surface area contributed by atoms with E-state index in [1.165, 1.54) is 0 Å². The van der Waals surface area contributed by atoms with Gasteiger partial charge in [-0.1, -0.05) is 30.1 Å². The fraction of sp³-hybridized carbons (Fsp3) is 0.533. The largest absolute Gasteiger partial charge is 0.395 e. The topological polar surface area (TPSA) is 55.8 Å². The Hall–Kier alpha value is -1.01. The average molecular weight is 346 g/mol.